The van der Waals surface area contributed by atoms with Crippen molar-refractivity contribution in [1.29, 1.82) is 0 Å². The Morgan fingerprint density at radius 2 is 1.20 bits per heavy atom. The molecule has 25 heavy (non-hydrogen) atoms. The molecule has 5 aliphatic rings. The third-order valence-electron chi connectivity index (χ3n) is 6.43. The van der Waals surface area contributed by atoms with Gasteiger partial charge in [0, 0.05) is 13.2 Å². The second kappa shape index (κ2) is 8.13. The minimum absolute atomic E-state index is 0. The maximum Gasteiger partial charge on any atom is 1.00 e. The number of esters is 2. The third kappa shape index (κ3) is 3.34. The van der Waals surface area contributed by atoms with E-state index in [1.807, 2.05) is 12.2 Å². The number of aliphatic hydroxyl groups is 2. The van der Waals surface area contributed by atoms with E-state index >= 15 is 0 Å². The molecule has 0 aromatic rings. The molecule has 2 N–H and O–H groups in total. The summed E-state index contributed by atoms with van der Waals surface area (Å²) in [6.07, 6.45) is 10.6. The second-order valence-electron chi connectivity index (χ2n) is 7.38. The minimum Gasteiger partial charge on any atom is -1.00 e. The van der Waals surface area contributed by atoms with E-state index in [0.29, 0.717) is 23.7 Å². The summed E-state index contributed by atoms with van der Waals surface area (Å²) in [6.45, 7) is 0.466. The molecule has 7 heteroatoms. The van der Waals surface area contributed by atoms with Crippen molar-refractivity contribution in [3.05, 3.63) is 24.3 Å². The first-order chi connectivity index (χ1) is 11.1. The van der Waals surface area contributed by atoms with E-state index in [4.69, 9.17) is 10.2 Å². The van der Waals surface area contributed by atoms with Crippen LogP contribution in [0.2, 0.25) is 0 Å². The van der Waals surface area contributed by atoms with E-state index < -0.39 is 0 Å². The van der Waals surface area contributed by atoms with E-state index in [1.165, 1.54) is 0 Å². The number of hydrogen-bond donors (Lipinski definition) is 2. The van der Waals surface area contributed by atoms with Crippen molar-refractivity contribution in [2.45, 2.75) is 12.8 Å². The number of carbonyl (C=O) groups excluding carboxylic acids is 2. The summed E-state index contributed by atoms with van der Waals surface area (Å²) in [6, 6.07) is 0. The van der Waals surface area contributed by atoms with Gasteiger partial charge in [-0.3, -0.25) is 9.59 Å². The van der Waals surface area contributed by atoms with Crippen LogP contribution in [-0.4, -0.2) is 52.7 Å². The number of hydrogen-bond acceptors (Lipinski definition) is 5. The van der Waals surface area contributed by atoms with E-state index in [-0.39, 0.29) is 86.5 Å². The van der Waals surface area contributed by atoms with Crippen molar-refractivity contribution in [3.63, 3.8) is 0 Å². The van der Waals surface area contributed by atoms with Gasteiger partial charge in [-0.2, -0.15) is 0 Å². The Kier molecular flexibility index (Phi) is 6.83. The summed E-state index contributed by atoms with van der Waals surface area (Å²) in [5, 5.41) is 18.1. The average molecular weight is 356 g/mol. The molecule has 0 spiro atoms. The molecule has 4 bridgehead atoms. The van der Waals surface area contributed by atoms with Crippen LogP contribution < -0.4 is 18.9 Å². The number of rotatable bonds is 2. The zero-order valence-corrected chi connectivity index (χ0v) is 13.9. The van der Waals surface area contributed by atoms with Crippen LogP contribution in [0.25, 0.3) is 0 Å². The average Bonchev–Trinajstić information content (AvgIpc) is 3.33. The van der Waals surface area contributed by atoms with E-state index in [9.17, 15) is 9.59 Å². The Hall–Kier alpha value is -0.330. The minimum atomic E-state index is -0.304. The molecule has 0 aromatic carbocycles. The van der Waals surface area contributed by atoms with Gasteiger partial charge >= 0.3 is 30.8 Å². The molecule has 4 unspecified atom stereocenters. The molecular weight excluding hydrogens is 330 g/mol. The van der Waals surface area contributed by atoms with Gasteiger partial charge in [0.15, 0.2) is 17.4 Å². The van der Waals surface area contributed by atoms with Crippen LogP contribution in [0.15, 0.2) is 24.3 Å². The second-order valence-corrected chi connectivity index (χ2v) is 7.38. The summed E-state index contributed by atoms with van der Waals surface area (Å²) in [5.74, 6) is 1.40. The van der Waals surface area contributed by atoms with Gasteiger partial charge in [0.1, 0.15) is 0 Å². The standard InChI is InChI=1S/C9H8O3.C9H14O2.Al.Li.4H/c10-8-6-4-1-2-5(3-4)7(6)9(11)12-8;10-4-8-6-1-2-7(3-6)9(8)5-11;;;;;;/h1-2,4-7H,3H2;1-2,6-11H,3-5H2;;;;;;/q;;;+1;;;;-1/t4?,5?,6-,7+;6?,7?,8-,9+;;;;;;. The van der Waals surface area contributed by atoms with Crippen molar-refractivity contribution < 1.29 is 44.8 Å². The monoisotopic (exact) mass is 356 g/mol. The molecule has 5 nitrogen and oxygen atoms in total. The van der Waals surface area contributed by atoms with Crippen LogP contribution in [0.3, 0.4) is 0 Å². The number of ether oxygens (including phenoxy) is 1. The molecular formula is C18H26AlLiO5. The van der Waals surface area contributed by atoms with Gasteiger partial charge in [-0.15, -0.1) is 0 Å². The zero-order valence-electron chi connectivity index (χ0n) is 14.9. The van der Waals surface area contributed by atoms with Gasteiger partial charge < -0.3 is 16.4 Å². The normalized spacial score (nSPS) is 43.9. The SMILES string of the molecule is O=C1OC(=O)[C@H]2C3C=CC(C3)[C@@H]12.OC[C@@H]1C2C=CC(C2)[C@@H]1CO.[AlH3].[H-].[Li+]. The summed E-state index contributed by atoms with van der Waals surface area (Å²) in [4.78, 5) is 22.4. The Balaban J connectivity index is 0.000000234. The Bertz CT molecular complexity index is 552. The smallest absolute Gasteiger partial charge is 1.00 e. The number of aliphatic hydroxyl groups excluding tert-OH is 2. The third-order valence-corrected chi connectivity index (χ3v) is 6.43. The Labute approximate surface area is 171 Å². The van der Waals surface area contributed by atoms with Gasteiger partial charge in [-0.05, 0) is 48.3 Å². The summed E-state index contributed by atoms with van der Waals surface area (Å²) < 4.78 is 4.59. The quantitative estimate of drug-likeness (QED) is 0.236. The fourth-order valence-corrected chi connectivity index (χ4v) is 5.27. The van der Waals surface area contributed by atoms with Crippen LogP contribution in [0.1, 0.15) is 14.3 Å². The molecule has 0 radical (unpaired) electrons. The first-order valence-electron chi connectivity index (χ1n) is 8.48. The van der Waals surface area contributed by atoms with E-state index in [0.717, 1.165) is 12.8 Å². The largest absolute Gasteiger partial charge is 1.00 e. The number of carbonyl (C=O) groups is 2. The molecule has 3 fully saturated rings. The predicted molar refractivity (Wildman–Crippen MR) is 91.8 cm³/mol. The summed E-state index contributed by atoms with van der Waals surface area (Å²) >= 11 is 0. The number of fused-ring (bicyclic) bond motifs is 7. The van der Waals surface area contributed by atoms with Crippen LogP contribution >= 0.6 is 0 Å². The van der Waals surface area contributed by atoms with Gasteiger partial charge in [-0.1, -0.05) is 24.3 Å². The van der Waals surface area contributed by atoms with Crippen LogP contribution in [0.4, 0.5) is 0 Å². The molecule has 0 aromatic heterocycles. The van der Waals surface area contributed by atoms with Crippen LogP contribution in [0, 0.1) is 47.3 Å². The van der Waals surface area contributed by atoms with Crippen molar-refractivity contribution in [1.82, 2.24) is 0 Å². The summed E-state index contributed by atoms with van der Waals surface area (Å²) in [7, 11) is 0. The van der Waals surface area contributed by atoms with Crippen LogP contribution in [0.5, 0.6) is 0 Å². The maximum atomic E-state index is 11.2. The molecule has 132 valence electrons. The van der Waals surface area contributed by atoms with Crippen molar-refractivity contribution >= 4 is 29.3 Å². The zero-order chi connectivity index (χ0) is 16.1. The first kappa shape index (κ1) is 21.0. The van der Waals surface area contributed by atoms with Gasteiger partial charge in [-0.25, -0.2) is 0 Å². The van der Waals surface area contributed by atoms with Crippen LogP contribution in [-0.2, 0) is 14.3 Å². The number of allylic oxidation sites excluding steroid dienone is 4. The molecule has 5 rings (SSSR count). The summed E-state index contributed by atoms with van der Waals surface area (Å²) in [5.41, 5.74) is 0. The fourth-order valence-electron chi connectivity index (χ4n) is 5.27. The van der Waals surface area contributed by atoms with E-state index in [1.54, 1.807) is 0 Å². The number of cyclic esters (lactones) is 2. The van der Waals surface area contributed by atoms with Gasteiger partial charge in [0.2, 0.25) is 0 Å². The molecule has 1 heterocycles. The van der Waals surface area contributed by atoms with Crippen molar-refractivity contribution in [2.24, 2.45) is 47.3 Å². The fraction of sp³-hybridized carbons (Fsp3) is 0.667. The van der Waals surface area contributed by atoms with Crippen molar-refractivity contribution in [2.75, 3.05) is 13.2 Å². The van der Waals surface area contributed by atoms with Crippen molar-refractivity contribution in [3.8, 4) is 0 Å². The first-order valence-corrected chi connectivity index (χ1v) is 8.48. The topological polar surface area (TPSA) is 83.8 Å². The van der Waals surface area contributed by atoms with Gasteiger partial charge in [0.05, 0.1) is 11.8 Å². The molecule has 2 saturated carbocycles. The molecule has 1 aliphatic heterocycles. The maximum absolute atomic E-state index is 11.2. The molecule has 4 aliphatic carbocycles. The molecule has 1 saturated heterocycles. The molecule has 0 amide bonds. The molecule has 8 atom stereocenters. The Morgan fingerprint density at radius 3 is 1.60 bits per heavy atom. The van der Waals surface area contributed by atoms with Gasteiger partial charge in [0.25, 0.3) is 0 Å². The predicted octanol–water partition coefficient (Wildman–Crippen LogP) is -3.15. The van der Waals surface area contributed by atoms with E-state index in [2.05, 4.69) is 16.9 Å². The Morgan fingerprint density at radius 1 is 0.840 bits per heavy atom.